The summed E-state index contributed by atoms with van der Waals surface area (Å²) in [5.74, 6) is -0.630. The standard InChI is InChI=1S/C7H5ClO2.C5H10O2/c8-7(10)5-1-3-6(9)4-2-5;1-5(2,3)4(6)7/h1-4,9H;1-3H3,(H,6,7). The average Bonchev–Trinajstić information content (AvgIpc) is 2.17. The molecule has 0 fully saturated rings. The van der Waals surface area contributed by atoms with Crippen LogP contribution in [0, 0.1) is 5.41 Å². The predicted octanol–water partition coefficient (Wildman–Crippen LogP) is 2.89. The second kappa shape index (κ2) is 6.25. The molecule has 0 unspecified atom stereocenters. The molecule has 0 bridgehead atoms. The van der Waals surface area contributed by atoms with Gasteiger partial charge in [-0.3, -0.25) is 9.59 Å². The highest BCUT2D eigenvalue weighted by molar-refractivity contribution is 6.67. The summed E-state index contributed by atoms with van der Waals surface area (Å²) in [5.41, 5.74) is -0.195. The fourth-order valence-corrected chi connectivity index (χ4v) is 0.718. The first-order valence-electron chi connectivity index (χ1n) is 4.87. The number of halogens is 1. The maximum atomic E-state index is 10.4. The van der Waals surface area contributed by atoms with Gasteiger partial charge in [-0.1, -0.05) is 0 Å². The summed E-state index contributed by atoms with van der Waals surface area (Å²) < 4.78 is 0. The van der Waals surface area contributed by atoms with Crippen LogP contribution >= 0.6 is 11.6 Å². The summed E-state index contributed by atoms with van der Waals surface area (Å²) in [5, 5.41) is 16.5. The predicted molar refractivity (Wildman–Crippen MR) is 65.4 cm³/mol. The van der Waals surface area contributed by atoms with Gasteiger partial charge in [0.25, 0.3) is 5.24 Å². The number of carboxylic acids is 1. The molecule has 0 radical (unpaired) electrons. The highest BCUT2D eigenvalue weighted by Crippen LogP contribution is 2.11. The van der Waals surface area contributed by atoms with Gasteiger partial charge in [-0.25, -0.2) is 0 Å². The molecule has 0 aliphatic rings. The molecule has 0 saturated carbocycles. The maximum Gasteiger partial charge on any atom is 0.308 e. The summed E-state index contributed by atoms with van der Waals surface area (Å²) >= 11 is 5.13. The van der Waals surface area contributed by atoms with E-state index >= 15 is 0 Å². The van der Waals surface area contributed by atoms with Crippen LogP contribution in [-0.4, -0.2) is 21.4 Å². The van der Waals surface area contributed by atoms with E-state index in [1.165, 1.54) is 24.3 Å². The van der Waals surface area contributed by atoms with Gasteiger partial charge in [-0.05, 0) is 56.6 Å². The van der Waals surface area contributed by atoms with Crippen LogP contribution in [0.5, 0.6) is 5.75 Å². The lowest BCUT2D eigenvalue weighted by molar-refractivity contribution is -0.145. The third-order valence-electron chi connectivity index (χ3n) is 1.74. The van der Waals surface area contributed by atoms with E-state index in [4.69, 9.17) is 21.8 Å². The first-order valence-corrected chi connectivity index (χ1v) is 5.24. The van der Waals surface area contributed by atoms with Gasteiger partial charge in [0, 0.05) is 5.56 Å². The molecule has 0 aliphatic heterocycles. The molecule has 0 amide bonds. The van der Waals surface area contributed by atoms with E-state index in [9.17, 15) is 9.59 Å². The zero-order valence-electron chi connectivity index (χ0n) is 9.90. The van der Waals surface area contributed by atoms with Gasteiger partial charge in [0.05, 0.1) is 5.41 Å². The van der Waals surface area contributed by atoms with Crippen molar-refractivity contribution in [3.05, 3.63) is 29.8 Å². The Balaban J connectivity index is 0.000000325. The van der Waals surface area contributed by atoms with Crippen molar-refractivity contribution in [2.24, 2.45) is 5.41 Å². The lowest BCUT2D eigenvalue weighted by Crippen LogP contribution is -2.18. The number of carboxylic acid groups (broad SMARTS) is 1. The van der Waals surface area contributed by atoms with E-state index in [0.29, 0.717) is 5.56 Å². The topological polar surface area (TPSA) is 74.6 Å². The average molecular weight is 259 g/mol. The Bertz CT molecular complexity index is 390. The van der Waals surface area contributed by atoms with Crippen molar-refractivity contribution in [3.8, 4) is 5.75 Å². The second-order valence-corrected chi connectivity index (χ2v) is 4.72. The molecule has 1 rings (SSSR count). The lowest BCUT2D eigenvalue weighted by Gasteiger charge is -2.08. The lowest BCUT2D eigenvalue weighted by atomic mass is 9.98. The number of phenolic OH excluding ortho intramolecular Hbond substituents is 1. The fourth-order valence-electron chi connectivity index (χ4n) is 0.592. The van der Waals surface area contributed by atoms with Crippen LogP contribution in [0.3, 0.4) is 0 Å². The minimum absolute atomic E-state index is 0.127. The van der Waals surface area contributed by atoms with E-state index in [1.54, 1.807) is 20.8 Å². The first kappa shape index (κ1) is 15.4. The molecule has 1 aromatic rings. The van der Waals surface area contributed by atoms with Crippen molar-refractivity contribution >= 4 is 22.8 Å². The van der Waals surface area contributed by atoms with Crippen LogP contribution in [0.1, 0.15) is 31.1 Å². The SMILES string of the molecule is CC(C)(C)C(=O)O.O=C(Cl)c1ccc(O)cc1. The van der Waals surface area contributed by atoms with E-state index in [1.807, 2.05) is 0 Å². The normalized spacial score (nSPS) is 10.1. The number of aliphatic carboxylic acids is 1. The van der Waals surface area contributed by atoms with Crippen LogP contribution in [0.2, 0.25) is 0 Å². The molecule has 0 saturated heterocycles. The van der Waals surface area contributed by atoms with Crippen LogP contribution in [0.4, 0.5) is 0 Å². The summed E-state index contributed by atoms with van der Waals surface area (Å²) in [7, 11) is 0. The molecule has 17 heavy (non-hydrogen) atoms. The van der Waals surface area contributed by atoms with Crippen LogP contribution in [0.15, 0.2) is 24.3 Å². The van der Waals surface area contributed by atoms with Crippen molar-refractivity contribution in [2.45, 2.75) is 20.8 Å². The number of benzene rings is 1. The third-order valence-corrected chi connectivity index (χ3v) is 1.95. The Morgan fingerprint density at radius 3 is 1.71 bits per heavy atom. The Labute approximate surface area is 105 Å². The highest BCUT2D eigenvalue weighted by Gasteiger charge is 2.18. The summed E-state index contributed by atoms with van der Waals surface area (Å²) in [6.45, 7) is 4.99. The van der Waals surface area contributed by atoms with Crippen molar-refractivity contribution in [1.82, 2.24) is 0 Å². The fraction of sp³-hybridized carbons (Fsp3) is 0.333. The van der Waals surface area contributed by atoms with Gasteiger partial charge in [0.15, 0.2) is 0 Å². The molecule has 0 aliphatic carbocycles. The van der Waals surface area contributed by atoms with Gasteiger partial charge in [-0.2, -0.15) is 0 Å². The number of hydrogen-bond donors (Lipinski definition) is 2. The number of phenols is 1. The molecule has 2 N–H and O–H groups in total. The number of carbonyl (C=O) groups excluding carboxylic acids is 1. The van der Waals surface area contributed by atoms with Gasteiger partial charge in [-0.15, -0.1) is 0 Å². The number of aromatic hydroxyl groups is 1. The molecule has 0 atom stereocenters. The Morgan fingerprint density at radius 2 is 1.47 bits per heavy atom. The van der Waals surface area contributed by atoms with Crippen LogP contribution in [0.25, 0.3) is 0 Å². The van der Waals surface area contributed by atoms with E-state index < -0.39 is 16.6 Å². The minimum Gasteiger partial charge on any atom is -0.508 e. The smallest absolute Gasteiger partial charge is 0.308 e. The van der Waals surface area contributed by atoms with Gasteiger partial charge in [0.2, 0.25) is 0 Å². The molecule has 94 valence electrons. The Kier molecular flexibility index (Phi) is 5.68. The van der Waals surface area contributed by atoms with Crippen molar-refractivity contribution in [3.63, 3.8) is 0 Å². The number of carbonyl (C=O) groups is 2. The molecule has 4 nitrogen and oxygen atoms in total. The van der Waals surface area contributed by atoms with Gasteiger partial charge < -0.3 is 10.2 Å². The monoisotopic (exact) mass is 258 g/mol. The summed E-state index contributed by atoms with van der Waals surface area (Å²) in [6, 6.07) is 5.75. The largest absolute Gasteiger partial charge is 0.508 e. The zero-order valence-corrected chi connectivity index (χ0v) is 10.7. The quantitative estimate of drug-likeness (QED) is 0.760. The minimum atomic E-state index is -0.757. The third kappa shape index (κ3) is 6.58. The molecular formula is C12H15ClO4. The zero-order chi connectivity index (χ0) is 13.6. The van der Waals surface area contributed by atoms with Crippen molar-refractivity contribution in [2.75, 3.05) is 0 Å². The van der Waals surface area contributed by atoms with Gasteiger partial charge >= 0.3 is 5.97 Å². The van der Waals surface area contributed by atoms with E-state index in [-0.39, 0.29) is 5.75 Å². The van der Waals surface area contributed by atoms with Gasteiger partial charge in [0.1, 0.15) is 5.75 Å². The maximum absolute atomic E-state index is 10.4. The van der Waals surface area contributed by atoms with E-state index in [2.05, 4.69) is 0 Å². The molecule has 0 aromatic heterocycles. The Morgan fingerprint density at radius 1 is 1.12 bits per heavy atom. The van der Waals surface area contributed by atoms with Crippen LogP contribution in [-0.2, 0) is 4.79 Å². The van der Waals surface area contributed by atoms with Crippen LogP contribution < -0.4 is 0 Å². The molecular weight excluding hydrogens is 244 g/mol. The number of rotatable bonds is 1. The van der Waals surface area contributed by atoms with Crippen molar-refractivity contribution < 1.29 is 19.8 Å². The molecule has 0 heterocycles. The Hall–Kier alpha value is -1.55. The molecule has 0 spiro atoms. The molecule has 5 heteroatoms. The second-order valence-electron chi connectivity index (χ2n) is 4.38. The van der Waals surface area contributed by atoms with Crippen molar-refractivity contribution in [1.29, 1.82) is 0 Å². The summed E-state index contributed by atoms with van der Waals surface area (Å²) in [4.78, 5) is 20.5. The summed E-state index contributed by atoms with van der Waals surface area (Å²) in [6.07, 6.45) is 0. The molecule has 1 aromatic carbocycles. The number of hydrogen-bond acceptors (Lipinski definition) is 3. The van der Waals surface area contributed by atoms with E-state index in [0.717, 1.165) is 0 Å². The highest BCUT2D eigenvalue weighted by atomic mass is 35.5. The first-order chi connectivity index (χ1) is 7.64.